The molecule has 1 aromatic rings. The molecule has 0 aromatic heterocycles. The lowest BCUT2D eigenvalue weighted by molar-refractivity contribution is 0.394. The van der Waals surface area contributed by atoms with Crippen LogP contribution in [-0.4, -0.2) is 27.0 Å². The highest BCUT2D eigenvalue weighted by Gasteiger charge is 2.50. The van der Waals surface area contributed by atoms with Crippen molar-refractivity contribution in [2.45, 2.75) is 12.0 Å². The van der Waals surface area contributed by atoms with Gasteiger partial charge in [0, 0.05) is 29.7 Å². The summed E-state index contributed by atoms with van der Waals surface area (Å²) in [5.41, 5.74) is 0.615. The van der Waals surface area contributed by atoms with Crippen molar-refractivity contribution < 1.29 is 4.39 Å². The van der Waals surface area contributed by atoms with Crippen LogP contribution < -0.4 is 4.90 Å². The van der Waals surface area contributed by atoms with Crippen LogP contribution in [0.25, 0.3) is 6.08 Å². The van der Waals surface area contributed by atoms with Crippen molar-refractivity contribution in [3.63, 3.8) is 0 Å². The maximum absolute atomic E-state index is 13.3. The summed E-state index contributed by atoms with van der Waals surface area (Å²) in [5, 5.41) is 0. The molecule has 0 aliphatic heterocycles. The first kappa shape index (κ1) is 12.7. The first-order chi connectivity index (χ1) is 7.94. The molecule has 0 heterocycles. The average molecular weight is 294 g/mol. The second-order valence-corrected chi connectivity index (χ2v) is 5.53. The minimum atomic E-state index is -1.46. The van der Waals surface area contributed by atoms with Crippen LogP contribution in [0.15, 0.2) is 29.3 Å². The van der Waals surface area contributed by atoms with Gasteiger partial charge in [-0.05, 0) is 24.1 Å². The van der Waals surface area contributed by atoms with Gasteiger partial charge in [0.2, 0.25) is 0 Å². The fourth-order valence-corrected chi connectivity index (χ4v) is 2.33. The zero-order valence-electron chi connectivity index (χ0n) is 9.79. The predicted octanol–water partition coefficient (Wildman–Crippen LogP) is 3.38. The maximum atomic E-state index is 13.3. The third-order valence-corrected chi connectivity index (χ3v) is 3.69. The number of hydrogen-bond acceptors (Lipinski definition) is 1. The number of anilines is 1. The molecule has 88 valence electrons. The van der Waals surface area contributed by atoms with E-state index >= 15 is 0 Å². The van der Waals surface area contributed by atoms with Gasteiger partial charge in [0.15, 0.2) is 0 Å². The Bertz CT molecular complexity index is 447. The fraction of sp³-hybridized carbons (Fsp3) is 0.385. The summed E-state index contributed by atoms with van der Waals surface area (Å²) in [5.74, 6) is -0.0656. The van der Waals surface area contributed by atoms with Gasteiger partial charge >= 0.3 is 0 Å². The van der Waals surface area contributed by atoms with Gasteiger partial charge in [-0.1, -0.05) is 34.7 Å². The molecule has 2 rings (SSSR count). The quantitative estimate of drug-likeness (QED) is 0.769. The Morgan fingerprint density at radius 2 is 2.35 bits per heavy atom. The second-order valence-electron chi connectivity index (χ2n) is 4.62. The van der Waals surface area contributed by atoms with Gasteiger partial charge in [0.05, 0.1) is 5.57 Å². The van der Waals surface area contributed by atoms with Gasteiger partial charge in [-0.15, -0.1) is 0 Å². The van der Waals surface area contributed by atoms with E-state index in [4.69, 9.17) is 7.85 Å². The van der Waals surface area contributed by atoms with Crippen molar-refractivity contribution >= 4 is 35.5 Å². The fourth-order valence-electron chi connectivity index (χ4n) is 1.98. The van der Waals surface area contributed by atoms with E-state index in [9.17, 15) is 4.39 Å². The summed E-state index contributed by atoms with van der Waals surface area (Å²) in [6, 6.07) is 5.96. The maximum Gasteiger partial charge on any atom is 0.121 e. The van der Waals surface area contributed by atoms with Crippen LogP contribution in [0.3, 0.4) is 0 Å². The van der Waals surface area contributed by atoms with Gasteiger partial charge in [-0.3, -0.25) is 4.39 Å². The van der Waals surface area contributed by atoms with Crippen LogP contribution in [-0.2, 0) is 0 Å². The highest BCUT2D eigenvalue weighted by molar-refractivity contribution is 9.10. The molecule has 2 atom stereocenters. The summed E-state index contributed by atoms with van der Waals surface area (Å²) in [4.78, 5) is 2.03. The Morgan fingerprint density at radius 3 is 2.88 bits per heavy atom. The van der Waals surface area contributed by atoms with Gasteiger partial charge in [-0.2, -0.15) is 0 Å². The molecular weight excluding hydrogens is 280 g/mol. The third-order valence-electron chi connectivity index (χ3n) is 3.20. The van der Waals surface area contributed by atoms with Crippen molar-refractivity contribution in [2.75, 3.05) is 18.5 Å². The molecular formula is C13H14BBrFN. The van der Waals surface area contributed by atoms with Crippen molar-refractivity contribution in [1.29, 1.82) is 0 Å². The number of benzene rings is 1. The Labute approximate surface area is 111 Å². The second kappa shape index (κ2) is 4.49. The number of alkyl halides is 1. The lowest BCUT2D eigenvalue weighted by Gasteiger charge is -2.22. The Morgan fingerprint density at radius 1 is 1.71 bits per heavy atom. The summed E-state index contributed by atoms with van der Waals surface area (Å²) in [6.45, 7) is 4.42. The highest BCUT2D eigenvalue weighted by atomic mass is 79.9. The van der Waals surface area contributed by atoms with E-state index in [1.807, 2.05) is 30.1 Å². The van der Waals surface area contributed by atoms with Crippen LogP contribution >= 0.6 is 15.9 Å². The van der Waals surface area contributed by atoms with Crippen LogP contribution in [0.2, 0.25) is 0 Å². The van der Waals surface area contributed by atoms with Crippen LogP contribution in [0, 0.1) is 5.92 Å². The highest BCUT2D eigenvalue weighted by Crippen LogP contribution is 2.45. The molecule has 2 unspecified atom stereocenters. The first-order valence-corrected chi connectivity index (χ1v) is 6.34. The number of rotatable bonds is 4. The van der Waals surface area contributed by atoms with E-state index in [2.05, 4.69) is 22.5 Å². The molecule has 1 aliphatic carbocycles. The molecule has 0 bridgehead atoms. The summed E-state index contributed by atoms with van der Waals surface area (Å²) in [6.07, 6.45) is 2.26. The molecule has 1 fully saturated rings. The molecule has 0 spiro atoms. The molecule has 0 N–H and O–H groups in total. The molecule has 0 saturated heterocycles. The van der Waals surface area contributed by atoms with Gasteiger partial charge in [0.1, 0.15) is 7.85 Å². The van der Waals surface area contributed by atoms with Gasteiger partial charge in [0.25, 0.3) is 0 Å². The van der Waals surface area contributed by atoms with Crippen LogP contribution in [0.4, 0.5) is 10.1 Å². The molecule has 1 saturated carbocycles. The lowest BCUT2D eigenvalue weighted by atomic mass is 9.96. The van der Waals surface area contributed by atoms with Crippen LogP contribution in [0.5, 0.6) is 0 Å². The van der Waals surface area contributed by atoms with Gasteiger partial charge in [-0.25, -0.2) is 0 Å². The predicted molar refractivity (Wildman–Crippen MR) is 75.2 cm³/mol. The van der Waals surface area contributed by atoms with Crippen molar-refractivity contribution in [3.8, 4) is 0 Å². The molecule has 17 heavy (non-hydrogen) atoms. The van der Waals surface area contributed by atoms with Crippen molar-refractivity contribution in [1.82, 2.24) is 0 Å². The van der Waals surface area contributed by atoms with E-state index in [1.165, 1.54) is 0 Å². The normalized spacial score (nSPS) is 26.6. The molecule has 1 aliphatic rings. The molecule has 4 heteroatoms. The van der Waals surface area contributed by atoms with Crippen molar-refractivity contribution in [2.24, 2.45) is 5.92 Å². The Hall–Kier alpha value is -0.765. The number of nitrogens with zero attached hydrogens (tertiary/aromatic N) is 1. The van der Waals surface area contributed by atoms with Crippen LogP contribution in [0.1, 0.15) is 12.0 Å². The lowest BCUT2D eigenvalue weighted by Crippen LogP contribution is -2.23. The molecule has 1 aromatic carbocycles. The van der Waals surface area contributed by atoms with Crippen molar-refractivity contribution in [3.05, 3.63) is 34.8 Å². The Kier molecular flexibility index (Phi) is 3.35. The minimum absolute atomic E-state index is 0.0656. The smallest absolute Gasteiger partial charge is 0.121 e. The largest absolute Gasteiger partial charge is 0.374 e. The molecule has 1 nitrogen and oxygen atoms in total. The van der Waals surface area contributed by atoms with E-state index in [0.29, 0.717) is 13.0 Å². The summed E-state index contributed by atoms with van der Waals surface area (Å²) in [7, 11) is 7.36. The molecule has 0 amide bonds. The number of halogens is 2. The average Bonchev–Trinajstić information content (AvgIpc) is 2.85. The first-order valence-electron chi connectivity index (χ1n) is 5.55. The van der Waals surface area contributed by atoms with Gasteiger partial charge < -0.3 is 4.90 Å². The van der Waals surface area contributed by atoms with E-state index < -0.39 is 5.57 Å². The topological polar surface area (TPSA) is 3.24 Å². The SMILES string of the molecule is [B]C1(F)CC1CN(C)c1cc(Br)ccc1C=C. The van der Waals surface area contributed by atoms with E-state index in [-0.39, 0.29) is 5.92 Å². The molecule has 2 radical (unpaired) electrons. The zero-order chi connectivity index (χ0) is 12.6. The summed E-state index contributed by atoms with van der Waals surface area (Å²) >= 11 is 3.44. The minimum Gasteiger partial charge on any atom is -0.374 e. The van der Waals surface area contributed by atoms with E-state index in [1.54, 1.807) is 6.08 Å². The van der Waals surface area contributed by atoms with E-state index in [0.717, 1.165) is 15.7 Å². The Balaban J connectivity index is 2.15. The number of hydrogen-bond donors (Lipinski definition) is 0. The zero-order valence-corrected chi connectivity index (χ0v) is 11.4. The third kappa shape index (κ3) is 2.74. The monoisotopic (exact) mass is 293 g/mol. The standard InChI is InChI=1S/C13H14BBrFN/c1-3-9-4-5-11(15)6-12(9)17(2)8-10-7-13(10,14)16/h3-6,10H,1,7-8H2,2H3. The summed E-state index contributed by atoms with van der Waals surface area (Å²) < 4.78 is 14.3.